The summed E-state index contributed by atoms with van der Waals surface area (Å²) in [6.45, 7) is 7.89. The molecule has 3 nitrogen and oxygen atoms in total. The van der Waals surface area contributed by atoms with Gasteiger partial charge in [-0.05, 0) is 29.7 Å². The van der Waals surface area contributed by atoms with Crippen molar-refractivity contribution in [1.82, 2.24) is 15.5 Å². The summed E-state index contributed by atoms with van der Waals surface area (Å²) in [5.74, 6) is 0.845. The second kappa shape index (κ2) is 8.61. The summed E-state index contributed by atoms with van der Waals surface area (Å²) in [7, 11) is 0. The Morgan fingerprint density at radius 2 is 1.88 bits per heavy atom. The second-order valence-electron chi connectivity index (χ2n) is 6.43. The van der Waals surface area contributed by atoms with Gasteiger partial charge in [-0.25, -0.2) is 0 Å². The van der Waals surface area contributed by atoms with E-state index < -0.39 is 0 Å². The van der Waals surface area contributed by atoms with Crippen molar-refractivity contribution in [3.05, 3.63) is 82.1 Å². The van der Waals surface area contributed by atoms with Crippen LogP contribution in [0.5, 0.6) is 0 Å². The predicted molar refractivity (Wildman–Crippen MR) is 106 cm³/mol. The molecule has 0 radical (unpaired) electrons. The summed E-state index contributed by atoms with van der Waals surface area (Å²) < 4.78 is 0. The minimum absolute atomic E-state index is 0.428. The lowest BCUT2D eigenvalue weighted by Crippen LogP contribution is -2.36. The van der Waals surface area contributed by atoms with Crippen molar-refractivity contribution in [2.24, 2.45) is 0 Å². The van der Waals surface area contributed by atoms with E-state index in [9.17, 15) is 0 Å². The summed E-state index contributed by atoms with van der Waals surface area (Å²) >= 11 is 12.0. The average molecular weight is 376 g/mol. The highest BCUT2D eigenvalue weighted by molar-refractivity contribution is 6.42. The Kier molecular flexibility index (Phi) is 6.24. The highest BCUT2D eigenvalue weighted by Gasteiger charge is 2.22. The molecule has 1 unspecified atom stereocenters. The van der Waals surface area contributed by atoms with E-state index in [1.54, 1.807) is 0 Å². The van der Waals surface area contributed by atoms with Crippen LogP contribution < -0.4 is 10.6 Å². The van der Waals surface area contributed by atoms with Gasteiger partial charge in [-0.2, -0.15) is 0 Å². The SMILES string of the molecule is C=C(NCc1ccc(Cl)c(Cl)c1)NC1CCN(Cc2ccccc2)C1. The van der Waals surface area contributed by atoms with Crippen LogP contribution in [0.25, 0.3) is 0 Å². The van der Waals surface area contributed by atoms with Crippen LogP contribution in [-0.2, 0) is 13.1 Å². The fourth-order valence-electron chi connectivity index (χ4n) is 3.09. The number of benzene rings is 2. The van der Waals surface area contributed by atoms with Gasteiger partial charge in [0.15, 0.2) is 0 Å². The third-order valence-electron chi connectivity index (χ3n) is 4.39. The Hall–Kier alpha value is -1.68. The van der Waals surface area contributed by atoms with Crippen LogP contribution in [0.15, 0.2) is 60.9 Å². The van der Waals surface area contributed by atoms with Crippen LogP contribution >= 0.6 is 23.2 Å². The normalized spacial score (nSPS) is 17.4. The van der Waals surface area contributed by atoms with Crippen molar-refractivity contribution >= 4 is 23.2 Å². The number of likely N-dealkylation sites (tertiary alicyclic amines) is 1. The summed E-state index contributed by atoms with van der Waals surface area (Å²) in [5.41, 5.74) is 2.44. The van der Waals surface area contributed by atoms with E-state index in [2.05, 4.69) is 52.4 Å². The van der Waals surface area contributed by atoms with E-state index in [1.807, 2.05) is 18.2 Å². The zero-order valence-electron chi connectivity index (χ0n) is 14.1. The molecule has 0 amide bonds. The Balaban J connectivity index is 1.42. The van der Waals surface area contributed by atoms with Crippen LogP contribution in [0.2, 0.25) is 10.0 Å². The van der Waals surface area contributed by atoms with Crippen LogP contribution in [0.1, 0.15) is 17.5 Å². The lowest BCUT2D eigenvalue weighted by atomic mass is 10.2. The first kappa shape index (κ1) is 18.1. The zero-order chi connectivity index (χ0) is 17.6. The number of nitrogens with one attached hydrogen (secondary N) is 2. The monoisotopic (exact) mass is 375 g/mol. The molecule has 0 aromatic heterocycles. The predicted octanol–water partition coefficient (Wildman–Crippen LogP) is 4.42. The smallest absolute Gasteiger partial charge is 0.0917 e. The second-order valence-corrected chi connectivity index (χ2v) is 7.25. The van der Waals surface area contributed by atoms with Crippen LogP contribution in [0.3, 0.4) is 0 Å². The minimum Gasteiger partial charge on any atom is -0.368 e. The molecule has 1 atom stereocenters. The van der Waals surface area contributed by atoms with Gasteiger partial charge in [0.05, 0.1) is 15.9 Å². The fourth-order valence-corrected chi connectivity index (χ4v) is 3.41. The molecule has 1 saturated heterocycles. The number of hydrogen-bond acceptors (Lipinski definition) is 3. The molecular weight excluding hydrogens is 353 g/mol. The van der Waals surface area contributed by atoms with Crippen molar-refractivity contribution in [2.45, 2.75) is 25.6 Å². The lowest BCUT2D eigenvalue weighted by Gasteiger charge is -2.19. The van der Waals surface area contributed by atoms with Gasteiger partial charge in [0.25, 0.3) is 0 Å². The van der Waals surface area contributed by atoms with E-state index in [-0.39, 0.29) is 0 Å². The number of halogens is 2. The Labute approximate surface area is 159 Å². The molecule has 5 heteroatoms. The fraction of sp³-hybridized carbons (Fsp3) is 0.300. The Morgan fingerprint density at radius 3 is 2.64 bits per heavy atom. The van der Waals surface area contributed by atoms with Gasteiger partial charge in [-0.3, -0.25) is 4.90 Å². The first-order valence-corrected chi connectivity index (χ1v) is 9.25. The van der Waals surface area contributed by atoms with Crippen LogP contribution in [0, 0.1) is 0 Å². The molecule has 1 aliphatic rings. The molecule has 1 heterocycles. The number of hydrogen-bond donors (Lipinski definition) is 2. The zero-order valence-corrected chi connectivity index (χ0v) is 15.7. The minimum atomic E-state index is 0.428. The molecule has 132 valence electrons. The summed E-state index contributed by atoms with van der Waals surface area (Å²) in [4.78, 5) is 2.47. The van der Waals surface area contributed by atoms with Crippen molar-refractivity contribution in [3.8, 4) is 0 Å². The van der Waals surface area contributed by atoms with Gasteiger partial charge in [0.2, 0.25) is 0 Å². The van der Waals surface area contributed by atoms with E-state index in [0.717, 1.165) is 37.4 Å². The highest BCUT2D eigenvalue weighted by atomic mass is 35.5. The van der Waals surface area contributed by atoms with E-state index in [1.165, 1.54) is 5.56 Å². The van der Waals surface area contributed by atoms with Crippen molar-refractivity contribution in [3.63, 3.8) is 0 Å². The van der Waals surface area contributed by atoms with Crippen molar-refractivity contribution < 1.29 is 0 Å². The van der Waals surface area contributed by atoms with Gasteiger partial charge >= 0.3 is 0 Å². The molecule has 2 N–H and O–H groups in total. The van der Waals surface area contributed by atoms with Crippen LogP contribution in [-0.4, -0.2) is 24.0 Å². The molecule has 0 aliphatic carbocycles. The molecule has 2 aromatic rings. The third kappa shape index (κ3) is 5.40. The molecular formula is C20H23Cl2N3. The summed E-state index contributed by atoms with van der Waals surface area (Å²) in [6, 6.07) is 16.7. The van der Waals surface area contributed by atoms with Crippen LogP contribution in [0.4, 0.5) is 0 Å². The molecule has 1 fully saturated rings. The number of nitrogens with zero attached hydrogens (tertiary/aromatic N) is 1. The molecule has 0 saturated carbocycles. The highest BCUT2D eigenvalue weighted by Crippen LogP contribution is 2.22. The molecule has 25 heavy (non-hydrogen) atoms. The molecule has 1 aliphatic heterocycles. The topological polar surface area (TPSA) is 27.3 Å². The first-order chi connectivity index (χ1) is 12.1. The van der Waals surface area contributed by atoms with E-state index in [4.69, 9.17) is 23.2 Å². The van der Waals surface area contributed by atoms with E-state index in [0.29, 0.717) is 22.6 Å². The standard InChI is InChI=1S/C20H23Cl2N3/c1-15(23-12-17-7-8-19(21)20(22)11-17)24-18-9-10-25(14-18)13-16-5-3-2-4-6-16/h2-8,11,18,23-24H,1,9-10,12-14H2. The molecule has 2 aromatic carbocycles. The summed E-state index contributed by atoms with van der Waals surface area (Å²) in [6.07, 6.45) is 1.13. The first-order valence-electron chi connectivity index (χ1n) is 8.49. The largest absolute Gasteiger partial charge is 0.368 e. The molecule has 0 spiro atoms. The van der Waals surface area contributed by atoms with Crippen molar-refractivity contribution in [2.75, 3.05) is 13.1 Å². The molecule has 0 bridgehead atoms. The quantitative estimate of drug-likeness (QED) is 0.749. The Morgan fingerprint density at radius 1 is 1.08 bits per heavy atom. The summed E-state index contributed by atoms with van der Waals surface area (Å²) in [5, 5.41) is 7.95. The van der Waals surface area contributed by atoms with E-state index >= 15 is 0 Å². The third-order valence-corrected chi connectivity index (χ3v) is 5.13. The van der Waals surface area contributed by atoms with Gasteiger partial charge in [0.1, 0.15) is 0 Å². The number of rotatable bonds is 7. The molecule has 3 rings (SSSR count). The van der Waals surface area contributed by atoms with Crippen molar-refractivity contribution in [1.29, 1.82) is 0 Å². The maximum Gasteiger partial charge on any atom is 0.0917 e. The maximum absolute atomic E-state index is 6.05. The average Bonchev–Trinajstić information content (AvgIpc) is 3.03. The Bertz CT molecular complexity index is 718. The van der Waals surface area contributed by atoms with Gasteiger partial charge in [0, 0.05) is 32.2 Å². The maximum atomic E-state index is 6.05. The van der Waals surface area contributed by atoms with Gasteiger partial charge in [-0.1, -0.05) is 66.2 Å². The van der Waals surface area contributed by atoms with Gasteiger partial charge < -0.3 is 10.6 Å². The van der Waals surface area contributed by atoms with Gasteiger partial charge in [-0.15, -0.1) is 0 Å². The lowest BCUT2D eigenvalue weighted by molar-refractivity contribution is 0.322.